The molecule has 2 saturated heterocycles. The van der Waals surface area contributed by atoms with Crippen LogP contribution in [0.5, 0.6) is 0 Å². The normalized spacial score (nSPS) is 21.0. The summed E-state index contributed by atoms with van der Waals surface area (Å²) in [5.41, 5.74) is 2.82. The number of carboxylic acids is 1. The predicted molar refractivity (Wildman–Crippen MR) is 133 cm³/mol. The summed E-state index contributed by atoms with van der Waals surface area (Å²) in [4.78, 5) is 21.5. The molecular formula is C25H34N6O4. The molecule has 1 unspecified atom stereocenters. The highest BCUT2D eigenvalue weighted by Crippen LogP contribution is 2.40. The topological polar surface area (TPSA) is 105 Å². The Bertz CT molecular complexity index is 1100. The van der Waals surface area contributed by atoms with Crippen molar-refractivity contribution in [3.63, 3.8) is 0 Å². The minimum absolute atomic E-state index is 0.149. The Labute approximate surface area is 205 Å². The van der Waals surface area contributed by atoms with E-state index in [4.69, 9.17) is 19.6 Å². The van der Waals surface area contributed by atoms with Crippen molar-refractivity contribution in [3.05, 3.63) is 35.5 Å². The van der Waals surface area contributed by atoms with E-state index in [0.29, 0.717) is 24.8 Å². The van der Waals surface area contributed by atoms with Gasteiger partial charge in [0.05, 0.1) is 30.6 Å². The number of likely N-dealkylation sites (tertiary alicyclic amines) is 1. The van der Waals surface area contributed by atoms with Crippen LogP contribution in [0.1, 0.15) is 43.9 Å². The Kier molecular flexibility index (Phi) is 6.66. The number of nitrogens with zero attached hydrogens (tertiary/aromatic N) is 5. The van der Waals surface area contributed by atoms with Gasteiger partial charge < -0.3 is 29.7 Å². The van der Waals surface area contributed by atoms with Crippen LogP contribution in [-0.2, 0) is 14.3 Å². The fraction of sp³-hybridized carbons (Fsp3) is 0.560. The fourth-order valence-corrected chi connectivity index (χ4v) is 5.05. The van der Waals surface area contributed by atoms with E-state index in [1.807, 2.05) is 24.3 Å². The first kappa shape index (κ1) is 23.6. The van der Waals surface area contributed by atoms with Gasteiger partial charge in [0.1, 0.15) is 17.7 Å². The number of nitrogens with one attached hydrogen (secondary N) is 1. The largest absolute Gasteiger partial charge is 0.479 e. The van der Waals surface area contributed by atoms with Crippen molar-refractivity contribution < 1.29 is 19.4 Å². The van der Waals surface area contributed by atoms with Gasteiger partial charge >= 0.3 is 5.97 Å². The lowest BCUT2D eigenvalue weighted by Gasteiger charge is -2.37. The number of hydrogen-bond acceptors (Lipinski definition) is 8. The summed E-state index contributed by atoms with van der Waals surface area (Å²) < 4.78 is 12.8. The first-order chi connectivity index (χ1) is 17.0. The molecule has 2 fully saturated rings. The van der Waals surface area contributed by atoms with E-state index in [0.717, 1.165) is 61.8 Å². The van der Waals surface area contributed by atoms with E-state index < -0.39 is 12.0 Å². The molecule has 0 aliphatic carbocycles. The maximum absolute atomic E-state index is 12.1. The van der Waals surface area contributed by atoms with E-state index in [1.54, 1.807) is 11.8 Å². The van der Waals surface area contributed by atoms with Crippen molar-refractivity contribution >= 4 is 23.3 Å². The van der Waals surface area contributed by atoms with E-state index in [9.17, 15) is 9.90 Å². The van der Waals surface area contributed by atoms with Crippen LogP contribution in [0, 0.1) is 0 Å². The molecule has 2 aromatic rings. The van der Waals surface area contributed by atoms with Gasteiger partial charge in [-0.2, -0.15) is 9.78 Å². The summed E-state index contributed by atoms with van der Waals surface area (Å²) >= 11 is 0. The molecule has 3 aliphatic rings. The molecule has 2 N–H and O–H groups in total. The van der Waals surface area contributed by atoms with Crippen LogP contribution >= 0.6 is 0 Å². The van der Waals surface area contributed by atoms with Gasteiger partial charge in [-0.1, -0.05) is 19.9 Å². The van der Waals surface area contributed by atoms with Gasteiger partial charge in [0.25, 0.3) is 0 Å². The standard InChI is InChI=1S/C25H34N6O4/c1-16(2)23-22-19(29-9-7-17(34-3)8-10-29)15-18(25(32)33)26-24(22)31(28-23)21-6-4-5-20(27-21)30-11-13-35-14-12-30/h4-6,15-18,26H,7-14H2,1-3H3,(H,32,33). The highest BCUT2D eigenvalue weighted by atomic mass is 16.5. The van der Waals surface area contributed by atoms with Crippen molar-refractivity contribution in [2.24, 2.45) is 0 Å². The molecule has 0 bridgehead atoms. The Morgan fingerprint density at radius 3 is 2.51 bits per heavy atom. The number of carbonyl (C=O) groups is 1. The second-order valence-corrected chi connectivity index (χ2v) is 9.56. The van der Waals surface area contributed by atoms with Gasteiger partial charge in [0, 0.05) is 39.0 Å². The van der Waals surface area contributed by atoms with Crippen molar-refractivity contribution in [2.75, 3.05) is 56.7 Å². The number of pyridine rings is 1. The molecular weight excluding hydrogens is 448 g/mol. The van der Waals surface area contributed by atoms with Crippen molar-refractivity contribution in [3.8, 4) is 5.82 Å². The minimum Gasteiger partial charge on any atom is -0.479 e. The minimum atomic E-state index is -0.922. The highest BCUT2D eigenvalue weighted by Gasteiger charge is 2.35. The average Bonchev–Trinajstić information content (AvgIpc) is 3.29. The van der Waals surface area contributed by atoms with Gasteiger partial charge in [-0.05, 0) is 37.0 Å². The summed E-state index contributed by atoms with van der Waals surface area (Å²) in [6.07, 6.45) is 3.88. The smallest absolute Gasteiger partial charge is 0.330 e. The van der Waals surface area contributed by atoms with E-state index in [2.05, 4.69) is 29.0 Å². The van der Waals surface area contributed by atoms with Crippen molar-refractivity contribution in [1.82, 2.24) is 19.7 Å². The van der Waals surface area contributed by atoms with Crippen LogP contribution in [0.15, 0.2) is 24.3 Å². The Morgan fingerprint density at radius 2 is 1.86 bits per heavy atom. The third-order valence-electron chi connectivity index (χ3n) is 6.99. The maximum atomic E-state index is 12.1. The number of carboxylic acid groups (broad SMARTS) is 1. The molecule has 0 radical (unpaired) electrons. The Balaban J connectivity index is 1.58. The number of aliphatic carboxylic acids is 1. The number of rotatable bonds is 6. The second kappa shape index (κ2) is 9.87. The molecule has 0 amide bonds. The predicted octanol–water partition coefficient (Wildman–Crippen LogP) is 2.56. The lowest BCUT2D eigenvalue weighted by atomic mass is 9.96. The summed E-state index contributed by atoms with van der Waals surface area (Å²) in [5, 5.41) is 18.1. The van der Waals surface area contributed by atoms with Gasteiger partial charge in [-0.25, -0.2) is 9.78 Å². The molecule has 3 aliphatic heterocycles. The number of ether oxygens (including phenoxy) is 2. The third kappa shape index (κ3) is 4.60. The lowest BCUT2D eigenvalue weighted by molar-refractivity contribution is -0.136. The zero-order valence-electron chi connectivity index (χ0n) is 20.6. The first-order valence-electron chi connectivity index (χ1n) is 12.4. The van der Waals surface area contributed by atoms with E-state index in [1.165, 1.54) is 0 Å². The van der Waals surface area contributed by atoms with Gasteiger partial charge in [-0.3, -0.25) is 0 Å². The van der Waals surface area contributed by atoms with E-state index in [-0.39, 0.29) is 12.0 Å². The maximum Gasteiger partial charge on any atom is 0.330 e. The Morgan fingerprint density at radius 1 is 1.14 bits per heavy atom. The SMILES string of the molecule is COC1CCN(C2=CC(C(=O)O)Nc3c2c(C(C)C)nn3-c2cccc(N3CCOCC3)n2)CC1. The van der Waals surface area contributed by atoms with Crippen LogP contribution < -0.4 is 10.2 Å². The molecule has 35 heavy (non-hydrogen) atoms. The average molecular weight is 483 g/mol. The monoisotopic (exact) mass is 482 g/mol. The molecule has 10 heteroatoms. The molecule has 0 spiro atoms. The zero-order valence-corrected chi connectivity index (χ0v) is 20.6. The third-order valence-corrected chi connectivity index (χ3v) is 6.99. The van der Waals surface area contributed by atoms with Crippen LogP contribution in [0.2, 0.25) is 0 Å². The van der Waals surface area contributed by atoms with Crippen LogP contribution in [-0.4, -0.2) is 89.4 Å². The lowest BCUT2D eigenvalue weighted by Crippen LogP contribution is -2.39. The van der Waals surface area contributed by atoms with Crippen LogP contribution in [0.25, 0.3) is 11.5 Å². The number of methoxy groups -OCH3 is 1. The number of aromatic nitrogens is 3. The molecule has 1 atom stereocenters. The van der Waals surface area contributed by atoms with Crippen LogP contribution in [0.4, 0.5) is 11.6 Å². The highest BCUT2D eigenvalue weighted by molar-refractivity contribution is 5.89. The van der Waals surface area contributed by atoms with E-state index >= 15 is 0 Å². The first-order valence-corrected chi connectivity index (χ1v) is 12.4. The quantitative estimate of drug-likeness (QED) is 0.643. The summed E-state index contributed by atoms with van der Waals surface area (Å²) in [6, 6.07) is 5.03. The van der Waals surface area contributed by atoms with Gasteiger partial charge in [-0.15, -0.1) is 0 Å². The van der Waals surface area contributed by atoms with Crippen LogP contribution in [0.3, 0.4) is 0 Å². The number of fused-ring (bicyclic) bond motifs is 1. The number of piperidine rings is 1. The van der Waals surface area contributed by atoms with Crippen molar-refractivity contribution in [2.45, 2.75) is 44.8 Å². The number of anilines is 2. The summed E-state index contributed by atoms with van der Waals surface area (Å²) in [5.74, 6) is 1.43. The molecule has 2 aromatic heterocycles. The molecule has 0 saturated carbocycles. The molecule has 188 valence electrons. The summed E-state index contributed by atoms with van der Waals surface area (Å²) in [7, 11) is 1.75. The summed E-state index contributed by atoms with van der Waals surface area (Å²) in [6.45, 7) is 8.77. The van der Waals surface area contributed by atoms with Gasteiger partial charge in [0.15, 0.2) is 5.82 Å². The fourth-order valence-electron chi connectivity index (χ4n) is 5.05. The number of hydrogen-bond donors (Lipinski definition) is 2. The molecule has 0 aromatic carbocycles. The molecule has 10 nitrogen and oxygen atoms in total. The number of morpholine rings is 1. The Hall–Kier alpha value is -3.11. The molecule has 5 rings (SSSR count). The molecule has 5 heterocycles. The second-order valence-electron chi connectivity index (χ2n) is 9.56. The van der Waals surface area contributed by atoms with Crippen molar-refractivity contribution in [1.29, 1.82) is 0 Å². The zero-order chi connectivity index (χ0) is 24.5. The van der Waals surface area contributed by atoms with Gasteiger partial charge in [0.2, 0.25) is 0 Å².